The highest BCUT2D eigenvalue weighted by Gasteiger charge is 2.27. The molecular formula is C20H23ClN3O3S+. The lowest BCUT2D eigenvalue weighted by Crippen LogP contribution is -3.14. The first kappa shape index (κ1) is 20.6. The molecule has 8 heteroatoms. The summed E-state index contributed by atoms with van der Waals surface area (Å²) in [6, 6.07) is 12.2. The number of nitrogens with one attached hydrogen (secondary N) is 2. The summed E-state index contributed by atoms with van der Waals surface area (Å²) in [4.78, 5) is 26.3. The molecule has 6 nitrogen and oxygen atoms in total. The average molecular weight is 421 g/mol. The third kappa shape index (κ3) is 4.84. The first-order valence-corrected chi connectivity index (χ1v) is 10.5. The summed E-state index contributed by atoms with van der Waals surface area (Å²) in [5, 5.41) is 15.0. The number of hydrogen-bond donors (Lipinski definition) is 2. The van der Waals surface area contributed by atoms with E-state index in [2.05, 4.69) is 12.2 Å². The molecule has 0 spiro atoms. The van der Waals surface area contributed by atoms with Gasteiger partial charge < -0.3 is 10.2 Å². The Kier molecular flexibility index (Phi) is 6.93. The van der Waals surface area contributed by atoms with Crippen molar-refractivity contribution < 1.29 is 14.6 Å². The molecule has 0 radical (unpaired) electrons. The fraction of sp³-hybridized carbons (Fsp3) is 0.350. The SMILES string of the molecule is CC[NH+]1CCCC1CNC(=O)c1ccc(Sc2ccccc2Cl)c([N+](=O)[O-])c1. The van der Waals surface area contributed by atoms with E-state index in [0.717, 1.165) is 24.4 Å². The minimum Gasteiger partial charge on any atom is -0.346 e. The van der Waals surface area contributed by atoms with E-state index in [1.165, 1.54) is 29.1 Å². The van der Waals surface area contributed by atoms with Gasteiger partial charge in [-0.15, -0.1) is 0 Å². The highest BCUT2D eigenvalue weighted by molar-refractivity contribution is 7.99. The van der Waals surface area contributed by atoms with E-state index < -0.39 is 4.92 Å². The number of likely N-dealkylation sites (tertiary alicyclic amines) is 1. The quantitative estimate of drug-likeness (QED) is 0.532. The number of nitrogens with zero attached hydrogens (tertiary/aromatic N) is 1. The molecule has 1 amide bonds. The maximum Gasteiger partial charge on any atom is 0.284 e. The zero-order valence-corrected chi connectivity index (χ0v) is 17.2. The normalized spacial score (nSPS) is 18.8. The second-order valence-corrected chi connectivity index (χ2v) is 8.27. The number of amides is 1. The first-order chi connectivity index (χ1) is 13.5. The highest BCUT2D eigenvalue weighted by Crippen LogP contribution is 2.38. The highest BCUT2D eigenvalue weighted by atomic mass is 35.5. The van der Waals surface area contributed by atoms with Gasteiger partial charge in [-0.25, -0.2) is 0 Å². The van der Waals surface area contributed by atoms with E-state index in [0.29, 0.717) is 28.1 Å². The summed E-state index contributed by atoms with van der Waals surface area (Å²) in [5.74, 6) is -0.278. The lowest BCUT2D eigenvalue weighted by Gasteiger charge is -2.20. The molecule has 3 rings (SSSR count). The largest absolute Gasteiger partial charge is 0.346 e. The van der Waals surface area contributed by atoms with Crippen molar-refractivity contribution in [1.82, 2.24) is 5.32 Å². The van der Waals surface area contributed by atoms with Crippen LogP contribution in [0.15, 0.2) is 52.3 Å². The molecule has 0 aliphatic carbocycles. The second-order valence-electron chi connectivity index (χ2n) is 6.78. The third-order valence-corrected chi connectivity index (χ3v) is 6.65. The van der Waals surface area contributed by atoms with Crippen molar-refractivity contribution in [1.29, 1.82) is 0 Å². The van der Waals surface area contributed by atoms with Crippen LogP contribution in [0.3, 0.4) is 0 Å². The van der Waals surface area contributed by atoms with Crippen LogP contribution in [0.4, 0.5) is 5.69 Å². The van der Waals surface area contributed by atoms with Crippen molar-refractivity contribution in [2.45, 2.75) is 35.6 Å². The maximum absolute atomic E-state index is 12.5. The van der Waals surface area contributed by atoms with Crippen LogP contribution >= 0.6 is 23.4 Å². The zero-order valence-electron chi connectivity index (χ0n) is 15.6. The van der Waals surface area contributed by atoms with Crippen molar-refractivity contribution in [2.24, 2.45) is 0 Å². The Morgan fingerprint density at radius 3 is 2.82 bits per heavy atom. The minimum atomic E-state index is -0.462. The number of nitro groups is 1. The lowest BCUT2D eigenvalue weighted by molar-refractivity contribution is -0.909. The molecule has 0 bridgehead atoms. The van der Waals surface area contributed by atoms with Crippen LogP contribution in [0.25, 0.3) is 0 Å². The monoisotopic (exact) mass is 420 g/mol. The van der Waals surface area contributed by atoms with Gasteiger partial charge in [0.05, 0.1) is 34.5 Å². The Balaban J connectivity index is 1.74. The average Bonchev–Trinajstić information content (AvgIpc) is 3.15. The van der Waals surface area contributed by atoms with E-state index in [9.17, 15) is 14.9 Å². The van der Waals surface area contributed by atoms with Gasteiger partial charge in [0.15, 0.2) is 0 Å². The fourth-order valence-electron chi connectivity index (χ4n) is 3.55. The Hall–Kier alpha value is -2.09. The summed E-state index contributed by atoms with van der Waals surface area (Å²) in [6.45, 7) is 4.91. The van der Waals surface area contributed by atoms with E-state index in [4.69, 9.17) is 11.6 Å². The number of rotatable bonds is 7. The number of carbonyl (C=O) groups is 1. The molecule has 1 aliphatic rings. The Labute approximate surface area is 173 Å². The van der Waals surface area contributed by atoms with Gasteiger partial charge in [-0.05, 0) is 31.2 Å². The molecule has 28 heavy (non-hydrogen) atoms. The van der Waals surface area contributed by atoms with Gasteiger partial charge in [0.2, 0.25) is 0 Å². The van der Waals surface area contributed by atoms with Gasteiger partial charge in [0, 0.05) is 29.4 Å². The topological polar surface area (TPSA) is 76.7 Å². The number of halogens is 1. The van der Waals surface area contributed by atoms with Crippen LogP contribution < -0.4 is 10.2 Å². The molecule has 1 fully saturated rings. The standard InChI is InChI=1S/C20H22ClN3O3S/c1-2-23-11-5-6-15(23)13-22-20(25)14-9-10-19(17(12-14)24(26)27)28-18-8-4-3-7-16(18)21/h3-4,7-10,12,15H,2,5-6,11,13H2,1H3,(H,22,25)/p+1. The van der Waals surface area contributed by atoms with Crippen LogP contribution in [-0.4, -0.2) is 36.5 Å². The van der Waals surface area contributed by atoms with Crippen LogP contribution in [0, 0.1) is 10.1 Å². The predicted molar refractivity (Wildman–Crippen MR) is 110 cm³/mol. The van der Waals surface area contributed by atoms with Crippen molar-refractivity contribution in [2.75, 3.05) is 19.6 Å². The number of benzene rings is 2. The van der Waals surface area contributed by atoms with Crippen molar-refractivity contribution in [3.05, 3.63) is 63.2 Å². The summed E-state index contributed by atoms with van der Waals surface area (Å²) in [5.41, 5.74) is 0.200. The fourth-order valence-corrected chi connectivity index (χ4v) is 4.72. The Morgan fingerprint density at radius 2 is 2.11 bits per heavy atom. The molecule has 2 atom stereocenters. The van der Waals surface area contributed by atoms with E-state index >= 15 is 0 Å². The molecule has 2 aromatic carbocycles. The van der Waals surface area contributed by atoms with Gasteiger partial charge in [-0.1, -0.05) is 35.5 Å². The van der Waals surface area contributed by atoms with E-state index in [-0.39, 0.29) is 11.6 Å². The molecule has 2 unspecified atom stereocenters. The van der Waals surface area contributed by atoms with Gasteiger partial charge in [0.1, 0.15) is 6.04 Å². The molecule has 1 saturated heterocycles. The summed E-state index contributed by atoms with van der Waals surface area (Å²) in [6.07, 6.45) is 2.26. The molecule has 148 valence electrons. The lowest BCUT2D eigenvalue weighted by atomic mass is 10.1. The van der Waals surface area contributed by atoms with Crippen molar-refractivity contribution >= 4 is 35.0 Å². The maximum atomic E-state index is 12.5. The number of hydrogen-bond acceptors (Lipinski definition) is 4. The molecule has 0 saturated carbocycles. The molecule has 1 heterocycles. The smallest absolute Gasteiger partial charge is 0.284 e. The molecule has 2 aromatic rings. The summed E-state index contributed by atoms with van der Waals surface area (Å²) in [7, 11) is 0. The van der Waals surface area contributed by atoms with E-state index in [1.807, 2.05) is 6.07 Å². The molecule has 0 aromatic heterocycles. The molecular weight excluding hydrogens is 398 g/mol. The second kappa shape index (κ2) is 9.41. The van der Waals surface area contributed by atoms with Crippen molar-refractivity contribution in [3.63, 3.8) is 0 Å². The van der Waals surface area contributed by atoms with Gasteiger partial charge >= 0.3 is 0 Å². The number of nitro benzene ring substituents is 1. The first-order valence-electron chi connectivity index (χ1n) is 9.33. The Bertz CT molecular complexity index is 878. The predicted octanol–water partition coefficient (Wildman–Crippen LogP) is 3.20. The van der Waals surface area contributed by atoms with Crippen molar-refractivity contribution in [3.8, 4) is 0 Å². The zero-order chi connectivity index (χ0) is 20.1. The summed E-state index contributed by atoms with van der Waals surface area (Å²) < 4.78 is 0. The van der Waals surface area contributed by atoms with Gasteiger partial charge in [-0.2, -0.15) is 0 Å². The number of quaternary nitrogens is 1. The van der Waals surface area contributed by atoms with Crippen LogP contribution in [-0.2, 0) is 0 Å². The number of carbonyl (C=O) groups excluding carboxylic acids is 1. The van der Waals surface area contributed by atoms with Crippen LogP contribution in [0.1, 0.15) is 30.1 Å². The van der Waals surface area contributed by atoms with Gasteiger partial charge in [-0.3, -0.25) is 14.9 Å². The Morgan fingerprint density at radius 1 is 1.32 bits per heavy atom. The number of likely N-dealkylation sites (N-methyl/N-ethyl adjacent to an activating group) is 1. The van der Waals surface area contributed by atoms with Crippen LogP contribution in [0.2, 0.25) is 5.02 Å². The molecule has 2 N–H and O–H groups in total. The summed E-state index contributed by atoms with van der Waals surface area (Å²) >= 11 is 7.38. The van der Waals surface area contributed by atoms with Crippen LogP contribution in [0.5, 0.6) is 0 Å². The molecule has 1 aliphatic heterocycles. The van der Waals surface area contributed by atoms with Gasteiger partial charge in [0.25, 0.3) is 11.6 Å². The third-order valence-electron chi connectivity index (χ3n) is 5.07. The van der Waals surface area contributed by atoms with E-state index in [1.54, 1.807) is 30.3 Å². The minimum absolute atomic E-state index is 0.0979.